The van der Waals surface area contributed by atoms with Crippen molar-refractivity contribution < 1.29 is 23.9 Å². The fraction of sp³-hybridized carbons (Fsp3) is 0.538. The highest BCUT2D eigenvalue weighted by Gasteiger charge is 2.36. The number of anilines is 1. The summed E-state index contributed by atoms with van der Waals surface area (Å²) in [6.45, 7) is 10.4. The Kier molecular flexibility index (Phi) is 8.25. The van der Waals surface area contributed by atoms with Crippen LogP contribution in [0.2, 0.25) is 0 Å². The summed E-state index contributed by atoms with van der Waals surface area (Å²) < 4.78 is 12.5. The van der Waals surface area contributed by atoms with Crippen molar-refractivity contribution in [3.63, 3.8) is 0 Å². The number of carbonyl (C=O) groups is 2. The molecule has 0 radical (unpaired) electrons. The maximum atomic E-state index is 13.0. The van der Waals surface area contributed by atoms with E-state index in [0.717, 1.165) is 0 Å². The molecule has 1 unspecified atom stereocenters. The Bertz CT molecular complexity index is 1140. The van der Waals surface area contributed by atoms with Crippen LogP contribution in [0, 0.1) is 16.7 Å². The van der Waals surface area contributed by atoms with Crippen molar-refractivity contribution in [2.45, 2.75) is 53.0 Å². The van der Waals surface area contributed by atoms with Crippen LogP contribution in [0.15, 0.2) is 18.2 Å². The second kappa shape index (κ2) is 11.0. The average molecular weight is 498 g/mol. The Morgan fingerprint density at radius 1 is 1.22 bits per heavy atom. The number of rotatable bonds is 9. The molecule has 2 heterocycles. The maximum absolute atomic E-state index is 13.0. The second-order valence-corrected chi connectivity index (χ2v) is 9.84. The van der Waals surface area contributed by atoms with Gasteiger partial charge in [0.2, 0.25) is 0 Å². The summed E-state index contributed by atoms with van der Waals surface area (Å²) in [5, 5.41) is 19.8. The smallest absolute Gasteiger partial charge is 0.330 e. The SMILES string of the molecule is CCNc1c(C#N)c(C(C(C)=O)c2cc(OC)cc(OC)c2)nn1[C@H]1CCN(OC(=O)C(C)(C)C)C1. The van der Waals surface area contributed by atoms with E-state index >= 15 is 0 Å². The molecule has 1 aromatic carbocycles. The maximum Gasteiger partial charge on any atom is 0.330 e. The van der Waals surface area contributed by atoms with E-state index in [0.29, 0.717) is 60.2 Å². The molecule has 0 aliphatic carbocycles. The third-order valence-corrected chi connectivity index (χ3v) is 6.08. The van der Waals surface area contributed by atoms with Crippen LogP contribution in [0.4, 0.5) is 5.82 Å². The van der Waals surface area contributed by atoms with Gasteiger partial charge in [0.05, 0.1) is 43.8 Å². The van der Waals surface area contributed by atoms with Crippen molar-refractivity contribution in [3.8, 4) is 17.6 Å². The third-order valence-electron chi connectivity index (χ3n) is 6.08. The number of aromatic nitrogens is 2. The van der Waals surface area contributed by atoms with Crippen molar-refractivity contribution in [1.82, 2.24) is 14.8 Å². The molecule has 194 valence electrons. The van der Waals surface area contributed by atoms with Crippen LogP contribution in [0.3, 0.4) is 0 Å². The van der Waals surface area contributed by atoms with Gasteiger partial charge in [0, 0.05) is 19.2 Å². The van der Waals surface area contributed by atoms with Crippen LogP contribution in [0.5, 0.6) is 11.5 Å². The van der Waals surface area contributed by atoms with Crippen molar-refractivity contribution in [3.05, 3.63) is 35.0 Å². The first kappa shape index (κ1) is 27.0. The van der Waals surface area contributed by atoms with E-state index in [1.54, 1.807) is 62.9 Å². The molecule has 1 aromatic heterocycles. The summed E-state index contributed by atoms with van der Waals surface area (Å²) in [4.78, 5) is 30.9. The summed E-state index contributed by atoms with van der Waals surface area (Å²) in [5.74, 6) is 0.350. The lowest BCUT2D eigenvalue weighted by atomic mass is 9.89. The van der Waals surface area contributed by atoms with Gasteiger partial charge in [-0.3, -0.25) is 4.79 Å². The minimum Gasteiger partial charge on any atom is -0.497 e. The number of nitrogens with zero attached hydrogens (tertiary/aromatic N) is 4. The lowest BCUT2D eigenvalue weighted by molar-refractivity contribution is -0.195. The average Bonchev–Trinajstić information content (AvgIpc) is 3.42. The van der Waals surface area contributed by atoms with Gasteiger partial charge in [-0.2, -0.15) is 10.4 Å². The highest BCUT2D eigenvalue weighted by Crippen LogP contribution is 2.37. The largest absolute Gasteiger partial charge is 0.497 e. The standard InChI is InChI=1S/C26H35N5O5/c1-8-28-24-21(14-27)23(22(16(2)32)17-11-19(34-6)13-20(12-17)35-7)29-31(24)18-9-10-30(15-18)36-25(33)26(3,4)5/h11-13,18,22,28H,8-10,15H2,1-7H3/t18-,22?/m0/s1. The van der Waals surface area contributed by atoms with Crippen molar-refractivity contribution in [1.29, 1.82) is 5.26 Å². The van der Waals surface area contributed by atoms with Gasteiger partial charge in [0.25, 0.3) is 0 Å². The van der Waals surface area contributed by atoms with Crippen molar-refractivity contribution in [2.75, 3.05) is 39.2 Å². The number of hydrogen-bond acceptors (Lipinski definition) is 9. The Morgan fingerprint density at radius 2 is 1.86 bits per heavy atom. The second-order valence-electron chi connectivity index (χ2n) is 9.84. The molecular weight excluding hydrogens is 462 g/mol. The summed E-state index contributed by atoms with van der Waals surface area (Å²) in [6, 6.07) is 7.34. The molecule has 36 heavy (non-hydrogen) atoms. The van der Waals surface area contributed by atoms with Crippen LogP contribution in [0.25, 0.3) is 0 Å². The van der Waals surface area contributed by atoms with Crippen LogP contribution in [0.1, 0.15) is 69.8 Å². The zero-order chi connectivity index (χ0) is 26.6. The highest BCUT2D eigenvalue weighted by atomic mass is 16.7. The molecule has 1 saturated heterocycles. The summed E-state index contributed by atoms with van der Waals surface area (Å²) >= 11 is 0. The topological polar surface area (TPSA) is 119 Å². The minimum atomic E-state index is -0.793. The van der Waals surface area contributed by atoms with Crippen LogP contribution in [-0.2, 0) is 14.4 Å². The molecule has 3 rings (SSSR count). The van der Waals surface area contributed by atoms with E-state index in [9.17, 15) is 14.9 Å². The van der Waals surface area contributed by atoms with E-state index in [1.165, 1.54) is 6.92 Å². The number of ether oxygens (including phenoxy) is 2. The molecule has 10 nitrogen and oxygen atoms in total. The number of ketones is 1. The molecule has 0 amide bonds. The zero-order valence-electron chi connectivity index (χ0n) is 22.0. The molecule has 0 saturated carbocycles. The van der Waals surface area contributed by atoms with Gasteiger partial charge >= 0.3 is 5.97 Å². The lowest BCUT2D eigenvalue weighted by Gasteiger charge is -2.22. The van der Waals surface area contributed by atoms with Gasteiger partial charge in [0.15, 0.2) is 0 Å². The number of hydroxylamine groups is 2. The lowest BCUT2D eigenvalue weighted by Crippen LogP contribution is -2.32. The van der Waals surface area contributed by atoms with Gasteiger partial charge in [-0.1, -0.05) is 0 Å². The predicted octanol–water partition coefficient (Wildman–Crippen LogP) is 3.68. The van der Waals surface area contributed by atoms with Gasteiger partial charge in [-0.25, -0.2) is 9.48 Å². The van der Waals surface area contributed by atoms with Gasteiger partial charge in [-0.15, -0.1) is 5.06 Å². The molecule has 1 N–H and O–H groups in total. The monoisotopic (exact) mass is 497 g/mol. The Hall–Kier alpha value is -3.58. The van der Waals surface area contributed by atoms with E-state index in [1.807, 2.05) is 6.92 Å². The zero-order valence-corrected chi connectivity index (χ0v) is 22.0. The molecule has 2 aromatic rings. The first-order valence-corrected chi connectivity index (χ1v) is 12.0. The van der Waals surface area contributed by atoms with Gasteiger partial charge in [0.1, 0.15) is 34.7 Å². The summed E-state index contributed by atoms with van der Waals surface area (Å²) in [6.07, 6.45) is 0.666. The van der Waals surface area contributed by atoms with E-state index in [4.69, 9.17) is 19.4 Å². The first-order chi connectivity index (χ1) is 17.0. The number of hydrogen-bond donors (Lipinski definition) is 1. The quantitative estimate of drug-likeness (QED) is 0.553. The predicted molar refractivity (Wildman–Crippen MR) is 134 cm³/mol. The Balaban J connectivity index is 2.05. The fourth-order valence-corrected chi connectivity index (χ4v) is 4.19. The third kappa shape index (κ3) is 5.62. The van der Waals surface area contributed by atoms with E-state index in [-0.39, 0.29) is 17.8 Å². The van der Waals surface area contributed by atoms with Crippen LogP contribution < -0.4 is 14.8 Å². The summed E-state index contributed by atoms with van der Waals surface area (Å²) in [7, 11) is 3.08. The van der Waals surface area contributed by atoms with E-state index in [2.05, 4.69) is 11.4 Å². The number of methoxy groups -OCH3 is 2. The highest BCUT2D eigenvalue weighted by molar-refractivity contribution is 5.88. The van der Waals surface area contributed by atoms with Crippen molar-refractivity contribution >= 4 is 17.6 Å². The molecule has 10 heteroatoms. The number of benzene rings is 1. The molecular formula is C26H35N5O5. The molecule has 0 bridgehead atoms. The van der Waals surface area contributed by atoms with E-state index < -0.39 is 11.3 Å². The first-order valence-electron chi connectivity index (χ1n) is 12.0. The minimum absolute atomic E-state index is 0.153. The van der Waals surface area contributed by atoms with Gasteiger partial charge < -0.3 is 19.6 Å². The number of nitrogens with one attached hydrogen (secondary N) is 1. The molecule has 1 fully saturated rings. The van der Waals surface area contributed by atoms with Gasteiger partial charge in [-0.05, 0) is 58.7 Å². The molecule has 1 aliphatic heterocycles. The van der Waals surface area contributed by atoms with Crippen LogP contribution in [-0.4, -0.2) is 60.5 Å². The Morgan fingerprint density at radius 3 is 2.36 bits per heavy atom. The number of Topliss-reactive ketones (excluding diaryl/α,β-unsaturated/α-hetero) is 1. The number of carbonyl (C=O) groups excluding carboxylic acids is 2. The van der Waals surface area contributed by atoms with Crippen LogP contribution >= 0.6 is 0 Å². The molecule has 0 spiro atoms. The normalized spacial score (nSPS) is 16.8. The Labute approximate surface area is 212 Å². The fourth-order valence-electron chi connectivity index (χ4n) is 4.19. The number of nitriles is 1. The molecule has 1 aliphatic rings. The molecule has 2 atom stereocenters. The summed E-state index contributed by atoms with van der Waals surface area (Å²) in [5.41, 5.74) is 0.673. The van der Waals surface area contributed by atoms with Crippen molar-refractivity contribution in [2.24, 2.45) is 5.41 Å².